The Morgan fingerprint density at radius 1 is 1.36 bits per heavy atom. The number of aliphatic hydroxyl groups is 1. The Kier molecular flexibility index (Phi) is 3.23. The maximum Gasteiger partial charge on any atom is 0.337 e. The SMILES string of the molecule is CC(=O)O[C@@H]1C=C2C(=O)OCC2(O)[C@@]2(C)CCCC(C)(C)C12. The molecule has 4 atom stereocenters. The Bertz CT molecular complexity index is 563. The van der Waals surface area contributed by atoms with Crippen LogP contribution in [0.2, 0.25) is 0 Å². The summed E-state index contributed by atoms with van der Waals surface area (Å²) in [7, 11) is 0. The highest BCUT2D eigenvalue weighted by atomic mass is 16.6. The normalized spacial score (nSPS) is 42.8. The fraction of sp³-hybridized carbons (Fsp3) is 0.765. The number of ether oxygens (including phenoxy) is 2. The molecule has 1 saturated carbocycles. The standard InChI is InChI=1S/C17H24O5/c1-10(18)22-12-8-11-14(19)21-9-17(11,20)16(4)7-5-6-15(2,3)13(12)16/h8,12-13,20H,5-7,9H2,1-4H3/t12-,13?,16+,17?/m1/s1. The van der Waals surface area contributed by atoms with E-state index in [2.05, 4.69) is 13.8 Å². The van der Waals surface area contributed by atoms with Crippen molar-refractivity contribution in [3.8, 4) is 0 Å². The molecular weight excluding hydrogens is 284 g/mol. The van der Waals surface area contributed by atoms with Gasteiger partial charge in [0.1, 0.15) is 18.3 Å². The van der Waals surface area contributed by atoms with Crippen LogP contribution in [0.3, 0.4) is 0 Å². The molecule has 0 spiro atoms. The van der Waals surface area contributed by atoms with Gasteiger partial charge < -0.3 is 14.6 Å². The second-order valence-corrected chi connectivity index (χ2v) is 7.83. The van der Waals surface area contributed by atoms with Gasteiger partial charge in [0.15, 0.2) is 0 Å². The van der Waals surface area contributed by atoms with E-state index in [0.717, 1.165) is 19.3 Å². The molecule has 1 saturated heterocycles. The van der Waals surface area contributed by atoms with Crippen LogP contribution in [0.1, 0.15) is 47.0 Å². The van der Waals surface area contributed by atoms with Crippen molar-refractivity contribution in [2.75, 3.05) is 6.61 Å². The summed E-state index contributed by atoms with van der Waals surface area (Å²) in [6, 6.07) is 0. The van der Waals surface area contributed by atoms with Crippen molar-refractivity contribution < 1.29 is 24.2 Å². The van der Waals surface area contributed by atoms with Crippen molar-refractivity contribution in [2.24, 2.45) is 16.7 Å². The second kappa shape index (κ2) is 4.57. The molecule has 1 N–H and O–H groups in total. The Labute approximate surface area is 130 Å². The summed E-state index contributed by atoms with van der Waals surface area (Å²) in [5, 5.41) is 11.3. The zero-order valence-electron chi connectivity index (χ0n) is 13.6. The van der Waals surface area contributed by atoms with Gasteiger partial charge >= 0.3 is 11.9 Å². The molecule has 22 heavy (non-hydrogen) atoms. The van der Waals surface area contributed by atoms with E-state index in [1.165, 1.54) is 6.92 Å². The van der Waals surface area contributed by atoms with Crippen molar-refractivity contribution in [3.05, 3.63) is 11.6 Å². The summed E-state index contributed by atoms with van der Waals surface area (Å²) >= 11 is 0. The maximum atomic E-state index is 12.0. The van der Waals surface area contributed by atoms with Crippen LogP contribution in [0.5, 0.6) is 0 Å². The molecule has 1 aliphatic heterocycles. The van der Waals surface area contributed by atoms with Crippen molar-refractivity contribution in [3.63, 3.8) is 0 Å². The topological polar surface area (TPSA) is 72.8 Å². The third kappa shape index (κ3) is 1.87. The molecule has 5 nitrogen and oxygen atoms in total. The first-order valence-electron chi connectivity index (χ1n) is 7.91. The lowest BCUT2D eigenvalue weighted by molar-refractivity contribution is -0.188. The van der Waals surface area contributed by atoms with Crippen LogP contribution in [0, 0.1) is 16.7 Å². The Hall–Kier alpha value is -1.36. The van der Waals surface area contributed by atoms with Crippen LogP contribution in [0.25, 0.3) is 0 Å². The van der Waals surface area contributed by atoms with Gasteiger partial charge in [-0.1, -0.05) is 27.2 Å². The quantitative estimate of drug-likeness (QED) is 0.750. The molecular formula is C17H24O5. The highest BCUT2D eigenvalue weighted by Crippen LogP contribution is 2.62. The van der Waals surface area contributed by atoms with E-state index in [4.69, 9.17) is 9.47 Å². The van der Waals surface area contributed by atoms with Gasteiger partial charge in [-0.15, -0.1) is 0 Å². The van der Waals surface area contributed by atoms with E-state index >= 15 is 0 Å². The lowest BCUT2D eigenvalue weighted by Crippen LogP contribution is -2.63. The number of esters is 2. The van der Waals surface area contributed by atoms with Gasteiger partial charge in [-0.3, -0.25) is 4.79 Å². The molecule has 1 heterocycles. The zero-order valence-corrected chi connectivity index (χ0v) is 13.6. The average molecular weight is 308 g/mol. The Balaban J connectivity index is 2.17. The van der Waals surface area contributed by atoms with Gasteiger partial charge in [0.25, 0.3) is 0 Å². The molecule has 3 aliphatic rings. The molecule has 2 aliphatic carbocycles. The van der Waals surface area contributed by atoms with Gasteiger partial charge in [0.05, 0.1) is 5.57 Å². The monoisotopic (exact) mass is 308 g/mol. The summed E-state index contributed by atoms with van der Waals surface area (Å²) in [5.74, 6) is -0.925. The van der Waals surface area contributed by atoms with Crippen molar-refractivity contribution >= 4 is 11.9 Å². The van der Waals surface area contributed by atoms with Crippen LogP contribution in [-0.4, -0.2) is 35.4 Å². The third-order valence-corrected chi connectivity index (χ3v) is 6.03. The number of fused-ring (bicyclic) bond motifs is 3. The minimum absolute atomic E-state index is 0.00641. The number of rotatable bonds is 1. The van der Waals surface area contributed by atoms with E-state index < -0.39 is 23.1 Å². The third-order valence-electron chi connectivity index (χ3n) is 6.03. The van der Waals surface area contributed by atoms with Crippen LogP contribution >= 0.6 is 0 Å². The van der Waals surface area contributed by atoms with Crippen LogP contribution in [-0.2, 0) is 19.1 Å². The summed E-state index contributed by atoms with van der Waals surface area (Å²) in [6.07, 6.45) is 3.87. The smallest absolute Gasteiger partial charge is 0.337 e. The summed E-state index contributed by atoms with van der Waals surface area (Å²) in [6.45, 7) is 7.66. The molecule has 0 radical (unpaired) electrons. The average Bonchev–Trinajstić information content (AvgIpc) is 2.66. The number of carbonyl (C=O) groups excluding carboxylic acids is 2. The van der Waals surface area contributed by atoms with Crippen molar-refractivity contribution in [1.29, 1.82) is 0 Å². The molecule has 2 unspecified atom stereocenters. The molecule has 0 aromatic heterocycles. The van der Waals surface area contributed by atoms with Gasteiger partial charge in [-0.2, -0.15) is 0 Å². The highest BCUT2D eigenvalue weighted by molar-refractivity contribution is 5.94. The van der Waals surface area contributed by atoms with Crippen molar-refractivity contribution in [2.45, 2.75) is 58.7 Å². The predicted molar refractivity (Wildman–Crippen MR) is 78.8 cm³/mol. The minimum atomic E-state index is -1.29. The Morgan fingerprint density at radius 2 is 2.05 bits per heavy atom. The van der Waals surface area contributed by atoms with E-state index in [0.29, 0.717) is 0 Å². The maximum absolute atomic E-state index is 12.0. The lowest BCUT2D eigenvalue weighted by atomic mass is 9.46. The fourth-order valence-corrected chi connectivity index (χ4v) is 5.08. The van der Waals surface area contributed by atoms with Crippen LogP contribution in [0.4, 0.5) is 0 Å². The van der Waals surface area contributed by atoms with Gasteiger partial charge in [0.2, 0.25) is 0 Å². The Morgan fingerprint density at radius 3 is 2.68 bits per heavy atom. The molecule has 0 bridgehead atoms. The molecule has 3 rings (SSSR count). The van der Waals surface area contributed by atoms with Gasteiger partial charge in [-0.25, -0.2) is 4.79 Å². The first-order valence-corrected chi connectivity index (χ1v) is 7.91. The number of carbonyl (C=O) groups is 2. The van der Waals surface area contributed by atoms with Crippen LogP contribution in [0.15, 0.2) is 11.6 Å². The molecule has 0 aromatic carbocycles. The van der Waals surface area contributed by atoms with Gasteiger partial charge in [0, 0.05) is 18.3 Å². The predicted octanol–water partition coefficient (Wildman–Crippen LogP) is 1.98. The molecule has 2 fully saturated rings. The molecule has 0 aromatic rings. The molecule has 5 heteroatoms. The lowest BCUT2D eigenvalue weighted by Gasteiger charge is -2.59. The first-order chi connectivity index (χ1) is 10.1. The van der Waals surface area contributed by atoms with E-state index in [1.807, 2.05) is 6.92 Å². The second-order valence-electron chi connectivity index (χ2n) is 7.83. The van der Waals surface area contributed by atoms with Gasteiger partial charge in [-0.05, 0) is 24.3 Å². The number of hydrogen-bond donors (Lipinski definition) is 1. The minimum Gasteiger partial charge on any atom is -0.459 e. The number of cyclic esters (lactones) is 1. The fourth-order valence-electron chi connectivity index (χ4n) is 5.08. The highest BCUT2D eigenvalue weighted by Gasteiger charge is 2.67. The van der Waals surface area contributed by atoms with Crippen molar-refractivity contribution in [1.82, 2.24) is 0 Å². The summed E-state index contributed by atoms with van der Waals surface area (Å²) in [4.78, 5) is 23.6. The first kappa shape index (κ1) is 15.5. The summed E-state index contributed by atoms with van der Waals surface area (Å²) in [5.41, 5.74) is -1.68. The van der Waals surface area contributed by atoms with E-state index in [-0.39, 0.29) is 29.5 Å². The largest absolute Gasteiger partial charge is 0.459 e. The molecule has 122 valence electrons. The zero-order chi connectivity index (χ0) is 16.3. The van der Waals surface area contributed by atoms with E-state index in [9.17, 15) is 14.7 Å². The van der Waals surface area contributed by atoms with Crippen LogP contribution < -0.4 is 0 Å². The summed E-state index contributed by atoms with van der Waals surface area (Å²) < 4.78 is 10.7. The molecule has 0 amide bonds. The van der Waals surface area contributed by atoms with E-state index in [1.54, 1.807) is 6.08 Å². The number of hydrogen-bond acceptors (Lipinski definition) is 5.